The van der Waals surface area contributed by atoms with Gasteiger partial charge in [-0.25, -0.2) is 4.79 Å². The number of nitrogens with one attached hydrogen (secondary N) is 2. The predicted octanol–water partition coefficient (Wildman–Crippen LogP) is 2.37. The van der Waals surface area contributed by atoms with Crippen molar-refractivity contribution in [3.8, 4) is 0 Å². The van der Waals surface area contributed by atoms with Crippen molar-refractivity contribution in [1.82, 2.24) is 15.1 Å². The average Bonchev–Trinajstić information content (AvgIpc) is 2.57. The Kier molecular flexibility index (Phi) is 6.42. The molecule has 3 amide bonds. The zero-order chi connectivity index (χ0) is 18.6. The molecule has 1 aromatic carbocycles. The SMILES string of the molecule is Cc1cccc(C)c1NC(=O)N1CCN([C@@H](C)C(=O)NC(C)C)CC1. The van der Waals surface area contributed by atoms with Crippen LogP contribution in [0.3, 0.4) is 0 Å². The number of carbonyl (C=O) groups excluding carboxylic acids is 2. The van der Waals surface area contributed by atoms with Gasteiger partial charge in [0.2, 0.25) is 5.91 Å². The maximum absolute atomic E-state index is 12.5. The number of nitrogens with zero attached hydrogens (tertiary/aromatic N) is 2. The number of hydrogen-bond donors (Lipinski definition) is 2. The second-order valence-electron chi connectivity index (χ2n) is 7.06. The lowest BCUT2D eigenvalue weighted by Gasteiger charge is -2.37. The number of amides is 3. The zero-order valence-electron chi connectivity index (χ0n) is 15.9. The Morgan fingerprint density at radius 3 is 2.08 bits per heavy atom. The van der Waals surface area contributed by atoms with Crippen LogP contribution in [0.15, 0.2) is 18.2 Å². The van der Waals surface area contributed by atoms with Gasteiger partial charge in [0.05, 0.1) is 6.04 Å². The molecule has 1 fully saturated rings. The predicted molar refractivity (Wildman–Crippen MR) is 101 cm³/mol. The Labute approximate surface area is 150 Å². The van der Waals surface area contributed by atoms with Gasteiger partial charge in [-0.3, -0.25) is 9.69 Å². The lowest BCUT2D eigenvalue weighted by Crippen LogP contribution is -2.56. The van der Waals surface area contributed by atoms with Crippen LogP contribution < -0.4 is 10.6 Å². The van der Waals surface area contributed by atoms with Crippen molar-refractivity contribution in [3.63, 3.8) is 0 Å². The number of para-hydroxylation sites is 1. The van der Waals surface area contributed by atoms with Gasteiger partial charge in [0.15, 0.2) is 0 Å². The van der Waals surface area contributed by atoms with Crippen molar-refractivity contribution in [2.24, 2.45) is 0 Å². The van der Waals surface area contributed by atoms with E-state index in [1.807, 2.05) is 57.7 Å². The summed E-state index contributed by atoms with van der Waals surface area (Å²) in [6, 6.07) is 5.87. The summed E-state index contributed by atoms with van der Waals surface area (Å²) in [5.74, 6) is 0.0448. The third-order valence-corrected chi connectivity index (χ3v) is 4.67. The molecule has 0 unspecified atom stereocenters. The lowest BCUT2D eigenvalue weighted by atomic mass is 10.1. The van der Waals surface area contributed by atoms with Gasteiger partial charge in [0, 0.05) is 37.9 Å². The van der Waals surface area contributed by atoms with Gasteiger partial charge in [-0.2, -0.15) is 0 Å². The molecule has 1 aliphatic rings. The largest absolute Gasteiger partial charge is 0.353 e. The molecule has 0 aromatic heterocycles. The molecule has 25 heavy (non-hydrogen) atoms. The van der Waals surface area contributed by atoms with Crippen LogP contribution in [-0.4, -0.2) is 60.0 Å². The van der Waals surface area contributed by atoms with Gasteiger partial charge in [-0.1, -0.05) is 18.2 Å². The van der Waals surface area contributed by atoms with Crippen LogP contribution in [0.2, 0.25) is 0 Å². The summed E-state index contributed by atoms with van der Waals surface area (Å²) in [4.78, 5) is 28.6. The number of anilines is 1. The topological polar surface area (TPSA) is 64.7 Å². The molecule has 0 saturated carbocycles. The second-order valence-corrected chi connectivity index (χ2v) is 7.06. The van der Waals surface area contributed by atoms with Crippen LogP contribution in [0, 0.1) is 13.8 Å². The Bertz CT molecular complexity index is 602. The highest BCUT2D eigenvalue weighted by Crippen LogP contribution is 2.20. The van der Waals surface area contributed by atoms with Gasteiger partial charge in [0.1, 0.15) is 0 Å². The first-order valence-corrected chi connectivity index (χ1v) is 8.96. The highest BCUT2D eigenvalue weighted by molar-refractivity contribution is 5.91. The number of carbonyl (C=O) groups is 2. The number of aryl methyl sites for hydroxylation is 2. The summed E-state index contributed by atoms with van der Waals surface area (Å²) < 4.78 is 0. The van der Waals surface area contributed by atoms with Crippen LogP contribution in [0.4, 0.5) is 10.5 Å². The average molecular weight is 346 g/mol. The molecule has 0 spiro atoms. The van der Waals surface area contributed by atoms with Crippen LogP contribution >= 0.6 is 0 Å². The first-order valence-electron chi connectivity index (χ1n) is 8.96. The van der Waals surface area contributed by atoms with Crippen LogP contribution in [-0.2, 0) is 4.79 Å². The first kappa shape index (κ1) is 19.2. The van der Waals surface area contributed by atoms with Crippen molar-refractivity contribution in [2.75, 3.05) is 31.5 Å². The van der Waals surface area contributed by atoms with E-state index >= 15 is 0 Å². The van der Waals surface area contributed by atoms with Gasteiger partial charge in [-0.05, 0) is 45.7 Å². The number of rotatable bonds is 4. The molecule has 0 radical (unpaired) electrons. The smallest absolute Gasteiger partial charge is 0.321 e. The molecular formula is C19H30N4O2. The molecule has 1 atom stereocenters. The standard InChI is InChI=1S/C19H30N4O2/c1-13(2)20-18(24)16(5)22-9-11-23(12-10-22)19(25)21-17-14(3)7-6-8-15(17)4/h6-8,13,16H,9-12H2,1-5H3,(H,20,24)(H,21,25)/t16-/m0/s1. The Morgan fingerprint density at radius 2 is 1.56 bits per heavy atom. The van der Waals surface area contributed by atoms with E-state index in [0.29, 0.717) is 26.2 Å². The minimum absolute atomic E-state index is 0.0448. The van der Waals surface area contributed by atoms with Gasteiger partial charge in [0.25, 0.3) is 0 Å². The molecule has 1 aromatic rings. The third-order valence-electron chi connectivity index (χ3n) is 4.67. The molecule has 6 heteroatoms. The van der Waals surface area contributed by atoms with Gasteiger partial charge < -0.3 is 15.5 Å². The molecule has 0 bridgehead atoms. The van der Waals surface area contributed by atoms with Gasteiger partial charge in [-0.15, -0.1) is 0 Å². The second kappa shape index (κ2) is 8.34. The first-order chi connectivity index (χ1) is 11.8. The van der Waals surface area contributed by atoms with Crippen molar-refractivity contribution >= 4 is 17.6 Å². The fourth-order valence-corrected chi connectivity index (χ4v) is 3.08. The summed E-state index contributed by atoms with van der Waals surface area (Å²) in [7, 11) is 0. The summed E-state index contributed by atoms with van der Waals surface area (Å²) in [6.45, 7) is 12.5. The number of urea groups is 1. The molecule has 2 rings (SSSR count). The minimum atomic E-state index is -0.175. The highest BCUT2D eigenvalue weighted by Gasteiger charge is 2.27. The molecule has 6 nitrogen and oxygen atoms in total. The summed E-state index contributed by atoms with van der Waals surface area (Å²) in [6.07, 6.45) is 0. The number of piperazine rings is 1. The van der Waals surface area contributed by atoms with Gasteiger partial charge >= 0.3 is 6.03 Å². The van der Waals surface area contributed by atoms with E-state index < -0.39 is 0 Å². The third kappa shape index (κ3) is 4.95. The molecule has 138 valence electrons. The molecule has 1 saturated heterocycles. The van der Waals surface area contributed by atoms with E-state index in [9.17, 15) is 9.59 Å². The Morgan fingerprint density at radius 1 is 1.00 bits per heavy atom. The van der Waals surface area contributed by atoms with E-state index in [-0.39, 0.29) is 24.0 Å². The summed E-state index contributed by atoms with van der Waals surface area (Å²) >= 11 is 0. The summed E-state index contributed by atoms with van der Waals surface area (Å²) in [5.41, 5.74) is 3.01. The lowest BCUT2D eigenvalue weighted by molar-refractivity contribution is -0.126. The molecule has 1 heterocycles. The monoisotopic (exact) mass is 346 g/mol. The fraction of sp³-hybridized carbons (Fsp3) is 0.579. The zero-order valence-corrected chi connectivity index (χ0v) is 15.9. The minimum Gasteiger partial charge on any atom is -0.353 e. The quantitative estimate of drug-likeness (QED) is 0.880. The van der Waals surface area contributed by atoms with E-state index in [2.05, 4.69) is 15.5 Å². The van der Waals surface area contributed by atoms with Crippen molar-refractivity contribution in [1.29, 1.82) is 0 Å². The Balaban J connectivity index is 1.89. The molecular weight excluding hydrogens is 316 g/mol. The molecule has 1 aliphatic heterocycles. The molecule has 2 N–H and O–H groups in total. The van der Waals surface area contributed by atoms with Crippen molar-refractivity contribution < 1.29 is 9.59 Å². The maximum atomic E-state index is 12.5. The van der Waals surface area contributed by atoms with Crippen molar-refractivity contribution in [2.45, 2.75) is 46.7 Å². The van der Waals surface area contributed by atoms with Crippen LogP contribution in [0.5, 0.6) is 0 Å². The highest BCUT2D eigenvalue weighted by atomic mass is 16.2. The number of hydrogen-bond acceptors (Lipinski definition) is 3. The van der Waals surface area contributed by atoms with E-state index in [0.717, 1.165) is 16.8 Å². The Hall–Kier alpha value is -2.08. The van der Waals surface area contributed by atoms with E-state index in [4.69, 9.17) is 0 Å². The maximum Gasteiger partial charge on any atom is 0.321 e. The van der Waals surface area contributed by atoms with Crippen LogP contribution in [0.1, 0.15) is 31.9 Å². The normalized spacial score (nSPS) is 16.6. The van der Waals surface area contributed by atoms with Crippen LogP contribution in [0.25, 0.3) is 0 Å². The fourth-order valence-electron chi connectivity index (χ4n) is 3.08. The van der Waals surface area contributed by atoms with E-state index in [1.54, 1.807) is 0 Å². The summed E-state index contributed by atoms with van der Waals surface area (Å²) in [5, 5.41) is 5.98. The van der Waals surface area contributed by atoms with E-state index in [1.165, 1.54) is 0 Å². The molecule has 0 aliphatic carbocycles. The number of benzene rings is 1. The van der Waals surface area contributed by atoms with Crippen molar-refractivity contribution in [3.05, 3.63) is 29.3 Å².